The smallest absolute Gasteiger partial charge is 0.267 e. The van der Waals surface area contributed by atoms with Crippen molar-refractivity contribution in [2.45, 2.75) is 32.2 Å². The van der Waals surface area contributed by atoms with E-state index in [1.165, 1.54) is 5.01 Å². The Hall–Kier alpha value is -2.18. The van der Waals surface area contributed by atoms with E-state index in [0.717, 1.165) is 25.2 Å². The van der Waals surface area contributed by atoms with Crippen LogP contribution in [0.3, 0.4) is 0 Å². The second kappa shape index (κ2) is 5.67. The molecule has 3 heterocycles. The topological polar surface area (TPSA) is 79.6 Å². The number of hydrogen-bond acceptors (Lipinski definition) is 4. The summed E-state index contributed by atoms with van der Waals surface area (Å²) in [6.45, 7) is 1.58. The van der Waals surface area contributed by atoms with E-state index in [1.54, 1.807) is 7.05 Å². The molecule has 1 aromatic heterocycles. The minimum Gasteiger partial charge on any atom is -0.351 e. The first-order chi connectivity index (χ1) is 10.1. The van der Waals surface area contributed by atoms with Gasteiger partial charge in [0.2, 0.25) is 5.91 Å². The summed E-state index contributed by atoms with van der Waals surface area (Å²) in [6, 6.07) is 0. The number of hydrazone groups is 1. The quantitative estimate of drug-likeness (QED) is 0.861. The van der Waals surface area contributed by atoms with Gasteiger partial charge < -0.3 is 9.88 Å². The van der Waals surface area contributed by atoms with Crippen molar-refractivity contribution >= 4 is 17.5 Å². The molecule has 1 atom stereocenters. The maximum Gasteiger partial charge on any atom is 0.267 e. The molecule has 0 aliphatic carbocycles. The summed E-state index contributed by atoms with van der Waals surface area (Å²) in [4.78, 5) is 27.7. The highest BCUT2D eigenvalue weighted by molar-refractivity contribution is 6.39. The lowest BCUT2D eigenvalue weighted by Gasteiger charge is -2.24. The standard InChI is InChI=1S/C14H19N5O2/c1-18-13(20)3-2-11(17-18)14(21)16-9-10-4-6-19-7-5-15-12(19)8-10/h5,7,10H,2-4,6,8-9H2,1H3,(H,16,21)/t10-/m1/s1. The van der Waals surface area contributed by atoms with E-state index in [-0.39, 0.29) is 11.8 Å². The lowest BCUT2D eigenvalue weighted by atomic mass is 9.97. The molecule has 7 nitrogen and oxygen atoms in total. The third-order valence-electron chi connectivity index (χ3n) is 4.07. The zero-order chi connectivity index (χ0) is 14.8. The SMILES string of the molecule is CN1N=C(C(=O)NC[C@@H]2CCn3ccnc3C2)CCC1=O. The lowest BCUT2D eigenvalue weighted by Crippen LogP contribution is -2.40. The molecule has 0 radical (unpaired) electrons. The van der Waals surface area contributed by atoms with Crippen LogP contribution in [0.25, 0.3) is 0 Å². The average Bonchev–Trinajstić information content (AvgIpc) is 2.95. The fourth-order valence-corrected chi connectivity index (χ4v) is 2.76. The highest BCUT2D eigenvalue weighted by Gasteiger charge is 2.24. The molecule has 0 saturated carbocycles. The maximum atomic E-state index is 12.1. The summed E-state index contributed by atoms with van der Waals surface area (Å²) in [6.07, 6.45) is 6.51. The van der Waals surface area contributed by atoms with Crippen LogP contribution in [0.2, 0.25) is 0 Å². The van der Waals surface area contributed by atoms with Crippen LogP contribution < -0.4 is 5.32 Å². The molecule has 0 spiro atoms. The van der Waals surface area contributed by atoms with E-state index in [0.29, 0.717) is 31.0 Å². The van der Waals surface area contributed by atoms with Crippen LogP contribution in [-0.4, -0.2) is 45.7 Å². The van der Waals surface area contributed by atoms with Gasteiger partial charge in [-0.25, -0.2) is 9.99 Å². The summed E-state index contributed by atoms with van der Waals surface area (Å²) >= 11 is 0. The minimum absolute atomic E-state index is 0.0503. The number of rotatable bonds is 3. The van der Waals surface area contributed by atoms with Crippen LogP contribution in [-0.2, 0) is 22.6 Å². The van der Waals surface area contributed by atoms with Crippen molar-refractivity contribution in [2.75, 3.05) is 13.6 Å². The van der Waals surface area contributed by atoms with Crippen LogP contribution in [0, 0.1) is 5.92 Å². The molecule has 2 aliphatic heterocycles. The molecule has 0 aromatic carbocycles. The van der Waals surface area contributed by atoms with Crippen molar-refractivity contribution < 1.29 is 9.59 Å². The molecule has 0 unspecified atom stereocenters. The maximum absolute atomic E-state index is 12.1. The Balaban J connectivity index is 1.53. The Morgan fingerprint density at radius 1 is 1.48 bits per heavy atom. The van der Waals surface area contributed by atoms with Crippen molar-refractivity contribution in [1.29, 1.82) is 0 Å². The number of hydrogen-bond donors (Lipinski definition) is 1. The van der Waals surface area contributed by atoms with Gasteiger partial charge in [-0.2, -0.15) is 5.10 Å². The first kappa shape index (κ1) is 13.8. The summed E-state index contributed by atoms with van der Waals surface area (Å²) in [5, 5.41) is 8.21. The number of aromatic nitrogens is 2. The first-order valence-corrected chi connectivity index (χ1v) is 7.25. The number of carbonyl (C=O) groups excluding carboxylic acids is 2. The number of nitrogens with one attached hydrogen (secondary N) is 1. The largest absolute Gasteiger partial charge is 0.351 e. The van der Waals surface area contributed by atoms with Gasteiger partial charge in [-0.1, -0.05) is 0 Å². The van der Waals surface area contributed by atoms with E-state index in [4.69, 9.17) is 0 Å². The Bertz CT molecular complexity index is 592. The number of nitrogens with zero attached hydrogens (tertiary/aromatic N) is 4. The fraction of sp³-hybridized carbons (Fsp3) is 0.571. The second-order valence-electron chi connectivity index (χ2n) is 5.57. The Kier molecular flexibility index (Phi) is 3.72. The van der Waals surface area contributed by atoms with Crippen LogP contribution >= 0.6 is 0 Å². The highest BCUT2D eigenvalue weighted by atomic mass is 16.2. The number of imidazole rings is 1. The van der Waals surface area contributed by atoms with Gasteiger partial charge in [0.25, 0.3) is 5.91 Å². The van der Waals surface area contributed by atoms with Crippen molar-refractivity contribution in [3.63, 3.8) is 0 Å². The van der Waals surface area contributed by atoms with Crippen LogP contribution in [0.15, 0.2) is 17.5 Å². The van der Waals surface area contributed by atoms with Gasteiger partial charge in [-0.05, 0) is 12.3 Å². The summed E-state index contributed by atoms with van der Waals surface area (Å²) in [7, 11) is 1.58. The number of fused-ring (bicyclic) bond motifs is 1. The Morgan fingerprint density at radius 3 is 3.14 bits per heavy atom. The predicted octanol–water partition coefficient (Wildman–Crippen LogP) is 0.170. The van der Waals surface area contributed by atoms with E-state index in [9.17, 15) is 9.59 Å². The highest BCUT2D eigenvalue weighted by Crippen LogP contribution is 2.18. The number of carbonyl (C=O) groups is 2. The van der Waals surface area contributed by atoms with Gasteiger partial charge in [-0.3, -0.25) is 9.59 Å². The van der Waals surface area contributed by atoms with Crippen LogP contribution in [0.4, 0.5) is 0 Å². The normalized spacial score (nSPS) is 21.8. The van der Waals surface area contributed by atoms with E-state index >= 15 is 0 Å². The first-order valence-electron chi connectivity index (χ1n) is 7.25. The van der Waals surface area contributed by atoms with Crippen molar-refractivity contribution in [3.05, 3.63) is 18.2 Å². The number of amides is 2. The van der Waals surface area contributed by atoms with Crippen LogP contribution in [0.5, 0.6) is 0 Å². The van der Waals surface area contributed by atoms with Gasteiger partial charge in [0, 0.05) is 51.8 Å². The molecule has 0 bridgehead atoms. The third-order valence-corrected chi connectivity index (χ3v) is 4.07. The summed E-state index contributed by atoms with van der Waals surface area (Å²) < 4.78 is 2.16. The molecule has 21 heavy (non-hydrogen) atoms. The summed E-state index contributed by atoms with van der Waals surface area (Å²) in [5.74, 6) is 1.28. The zero-order valence-corrected chi connectivity index (χ0v) is 12.1. The predicted molar refractivity (Wildman–Crippen MR) is 76.5 cm³/mol. The Labute approximate surface area is 123 Å². The fourth-order valence-electron chi connectivity index (χ4n) is 2.76. The van der Waals surface area contributed by atoms with Crippen LogP contribution in [0.1, 0.15) is 25.1 Å². The van der Waals surface area contributed by atoms with Gasteiger partial charge in [0.15, 0.2) is 0 Å². The molecule has 1 aromatic rings. The van der Waals surface area contributed by atoms with Crippen molar-refractivity contribution in [1.82, 2.24) is 19.9 Å². The zero-order valence-electron chi connectivity index (χ0n) is 12.1. The second-order valence-corrected chi connectivity index (χ2v) is 5.57. The van der Waals surface area contributed by atoms with Crippen molar-refractivity contribution in [3.8, 4) is 0 Å². The molecule has 0 saturated heterocycles. The molecule has 3 rings (SSSR count). The minimum atomic E-state index is -0.164. The molecule has 1 N–H and O–H groups in total. The average molecular weight is 289 g/mol. The van der Waals surface area contributed by atoms with Gasteiger partial charge >= 0.3 is 0 Å². The molecule has 2 aliphatic rings. The Morgan fingerprint density at radius 2 is 2.33 bits per heavy atom. The molecular weight excluding hydrogens is 270 g/mol. The van der Waals surface area contributed by atoms with E-state index in [1.807, 2.05) is 12.4 Å². The molecular formula is C14H19N5O2. The molecule has 7 heteroatoms. The lowest BCUT2D eigenvalue weighted by molar-refractivity contribution is -0.130. The third kappa shape index (κ3) is 2.96. The molecule has 2 amide bonds. The van der Waals surface area contributed by atoms with E-state index < -0.39 is 0 Å². The number of aryl methyl sites for hydroxylation is 1. The van der Waals surface area contributed by atoms with E-state index in [2.05, 4.69) is 20.0 Å². The molecule has 112 valence electrons. The summed E-state index contributed by atoms with van der Waals surface area (Å²) in [5.41, 5.74) is 0.439. The van der Waals surface area contributed by atoms with Gasteiger partial charge in [0.05, 0.1) is 0 Å². The molecule has 0 fully saturated rings. The monoisotopic (exact) mass is 289 g/mol. The van der Waals surface area contributed by atoms with Gasteiger partial charge in [0.1, 0.15) is 11.5 Å². The van der Waals surface area contributed by atoms with Crippen molar-refractivity contribution in [2.24, 2.45) is 11.0 Å². The van der Waals surface area contributed by atoms with Gasteiger partial charge in [-0.15, -0.1) is 0 Å².